The molecule has 6 nitrogen and oxygen atoms in total. The van der Waals surface area contributed by atoms with Gasteiger partial charge in [0.2, 0.25) is 0 Å². The number of hydrogen-bond donors (Lipinski definition) is 1. The van der Waals surface area contributed by atoms with Crippen molar-refractivity contribution in [3.05, 3.63) is 83.4 Å². The first-order chi connectivity index (χ1) is 19.0. The van der Waals surface area contributed by atoms with Crippen LogP contribution in [-0.4, -0.2) is 91.2 Å². The van der Waals surface area contributed by atoms with Gasteiger partial charge in [-0.15, -0.1) is 0 Å². The molecule has 0 radical (unpaired) electrons. The monoisotopic (exact) mass is 523 g/mol. The third-order valence-electron chi connectivity index (χ3n) is 8.24. The van der Waals surface area contributed by atoms with Crippen molar-refractivity contribution < 1.29 is 5.11 Å². The summed E-state index contributed by atoms with van der Waals surface area (Å²) in [5, 5.41) is 21.6. The topological polar surface area (TPSA) is 57.0 Å². The highest BCUT2D eigenvalue weighted by molar-refractivity contribution is 5.86. The molecule has 1 atom stereocenters. The molecule has 2 aliphatic rings. The van der Waals surface area contributed by atoms with Crippen LogP contribution in [0.1, 0.15) is 35.8 Å². The van der Waals surface area contributed by atoms with Crippen molar-refractivity contribution in [3.63, 3.8) is 0 Å². The summed E-state index contributed by atoms with van der Waals surface area (Å²) in [6, 6.07) is 25.4. The lowest BCUT2D eigenvalue weighted by molar-refractivity contribution is 0.00492. The maximum absolute atomic E-state index is 11.4. The van der Waals surface area contributed by atoms with Crippen LogP contribution >= 0.6 is 0 Å². The molecule has 0 aliphatic carbocycles. The maximum atomic E-state index is 11.4. The minimum atomic E-state index is -0.654. The third-order valence-corrected chi connectivity index (χ3v) is 8.24. The van der Waals surface area contributed by atoms with Crippen molar-refractivity contribution >= 4 is 0 Å². The molecule has 0 bridgehead atoms. The molecule has 0 spiro atoms. The molecule has 1 N–H and O–H groups in total. The molecule has 204 valence electrons. The van der Waals surface area contributed by atoms with E-state index in [-0.39, 0.29) is 0 Å². The van der Waals surface area contributed by atoms with Gasteiger partial charge >= 0.3 is 0 Å². The fourth-order valence-electron chi connectivity index (χ4n) is 5.87. The van der Waals surface area contributed by atoms with Gasteiger partial charge in [0.15, 0.2) is 0 Å². The van der Waals surface area contributed by atoms with Crippen molar-refractivity contribution in [3.8, 4) is 28.3 Å². The predicted molar refractivity (Wildman–Crippen MR) is 158 cm³/mol. The Bertz CT molecular complexity index is 1290. The lowest BCUT2D eigenvalue weighted by atomic mass is 9.89. The Morgan fingerprint density at radius 3 is 2.23 bits per heavy atom. The molecule has 1 unspecified atom stereocenters. The van der Waals surface area contributed by atoms with Crippen LogP contribution in [0.3, 0.4) is 0 Å². The molecule has 3 aromatic carbocycles. The first-order valence-corrected chi connectivity index (χ1v) is 14.3. The average Bonchev–Trinajstić information content (AvgIpc) is 3.32. The number of aliphatic hydroxyl groups excluding tert-OH is 1. The summed E-state index contributed by atoms with van der Waals surface area (Å²) in [5.74, 6) is 0. The van der Waals surface area contributed by atoms with Gasteiger partial charge in [-0.1, -0.05) is 54.6 Å². The van der Waals surface area contributed by atoms with E-state index in [1.807, 2.05) is 24.3 Å². The average molecular weight is 524 g/mol. The van der Waals surface area contributed by atoms with Crippen LogP contribution in [0, 0.1) is 11.3 Å². The molecule has 2 aliphatic heterocycles. The van der Waals surface area contributed by atoms with E-state index in [9.17, 15) is 10.4 Å². The summed E-state index contributed by atoms with van der Waals surface area (Å²) in [7, 11) is 4.33. The summed E-state index contributed by atoms with van der Waals surface area (Å²) in [5.41, 5.74) is 6.85. The molecule has 39 heavy (non-hydrogen) atoms. The second-order valence-electron chi connectivity index (χ2n) is 11.2. The Kier molecular flexibility index (Phi) is 9.08. The largest absolute Gasteiger partial charge is 0.374 e. The Labute approximate surface area is 233 Å². The fraction of sp³-hybridized carbons (Fsp3) is 0.424. The Balaban J connectivity index is 1.47. The van der Waals surface area contributed by atoms with E-state index in [1.165, 1.54) is 12.0 Å². The molecular weight excluding hydrogens is 482 g/mol. The number of nitrogens with zero attached hydrogens (tertiary/aromatic N) is 5. The first-order valence-electron chi connectivity index (χ1n) is 14.3. The van der Waals surface area contributed by atoms with Crippen LogP contribution in [-0.2, 0) is 6.54 Å². The van der Waals surface area contributed by atoms with E-state index in [0.29, 0.717) is 5.56 Å². The van der Waals surface area contributed by atoms with Gasteiger partial charge in [-0.2, -0.15) is 5.26 Å². The van der Waals surface area contributed by atoms with Crippen molar-refractivity contribution in [1.29, 1.82) is 5.26 Å². The zero-order valence-corrected chi connectivity index (χ0v) is 23.4. The highest BCUT2D eigenvalue weighted by Gasteiger charge is 2.22. The second-order valence-corrected chi connectivity index (χ2v) is 11.2. The minimum Gasteiger partial charge on any atom is -0.374 e. The van der Waals surface area contributed by atoms with Gasteiger partial charge < -0.3 is 14.9 Å². The highest BCUT2D eigenvalue weighted by atomic mass is 16.3. The molecule has 2 saturated heterocycles. The van der Waals surface area contributed by atoms with E-state index in [2.05, 4.69) is 82.2 Å². The zero-order chi connectivity index (χ0) is 27.2. The number of benzene rings is 3. The number of likely N-dealkylation sites (N-methyl/N-ethyl adjacent to an activating group) is 2. The van der Waals surface area contributed by atoms with Crippen molar-refractivity contribution in [2.24, 2.45) is 0 Å². The molecule has 6 heteroatoms. The van der Waals surface area contributed by atoms with E-state index < -0.39 is 6.23 Å². The van der Waals surface area contributed by atoms with Gasteiger partial charge in [0, 0.05) is 44.8 Å². The molecule has 3 aromatic rings. The number of rotatable bonds is 6. The van der Waals surface area contributed by atoms with Crippen LogP contribution in [0.15, 0.2) is 66.7 Å². The van der Waals surface area contributed by atoms with Crippen molar-refractivity contribution in [1.82, 2.24) is 19.6 Å². The predicted octanol–water partition coefficient (Wildman–Crippen LogP) is 4.66. The van der Waals surface area contributed by atoms with Crippen LogP contribution < -0.4 is 0 Å². The smallest absolute Gasteiger partial charge is 0.133 e. The van der Waals surface area contributed by atoms with Crippen LogP contribution in [0.2, 0.25) is 0 Å². The molecule has 2 heterocycles. The SMILES string of the molecule is CN1CCCN(Cc2ccc(-c3ccc(C(O)N4CCCN(C)CC4)cc3-c3ccccc3)c(C#N)c2)CC1. The zero-order valence-electron chi connectivity index (χ0n) is 23.4. The molecule has 2 fully saturated rings. The Hall–Kier alpha value is -3.05. The molecule has 5 rings (SSSR count). The van der Waals surface area contributed by atoms with Gasteiger partial charge in [-0.3, -0.25) is 9.80 Å². The van der Waals surface area contributed by atoms with E-state index in [1.54, 1.807) is 0 Å². The summed E-state index contributed by atoms with van der Waals surface area (Å²) in [4.78, 5) is 9.37. The minimum absolute atomic E-state index is 0.654. The van der Waals surface area contributed by atoms with Crippen LogP contribution in [0.25, 0.3) is 22.3 Å². The van der Waals surface area contributed by atoms with E-state index in [0.717, 1.165) is 93.1 Å². The summed E-state index contributed by atoms with van der Waals surface area (Å²) < 4.78 is 0. The second kappa shape index (κ2) is 12.9. The normalized spacial score (nSPS) is 19.2. The molecule has 0 amide bonds. The summed E-state index contributed by atoms with van der Waals surface area (Å²) in [6.07, 6.45) is 1.56. The van der Waals surface area contributed by atoms with Crippen LogP contribution in [0.5, 0.6) is 0 Å². The first kappa shape index (κ1) is 27.5. The lowest BCUT2D eigenvalue weighted by Crippen LogP contribution is -2.32. The Morgan fingerprint density at radius 2 is 1.46 bits per heavy atom. The van der Waals surface area contributed by atoms with Gasteiger partial charge in [0.1, 0.15) is 6.23 Å². The van der Waals surface area contributed by atoms with Crippen LogP contribution in [0.4, 0.5) is 0 Å². The standard InChI is InChI=1S/C33H41N5O/c1-35-14-6-16-37(20-18-35)25-26-10-12-30(29(22-26)24-34)31-13-11-28(23-32(31)27-8-4-3-5-9-27)33(39)38-17-7-15-36(2)19-21-38/h3-5,8-13,22-23,33,39H,6-7,14-21,25H2,1-2H3. The van der Waals surface area contributed by atoms with Crippen molar-refractivity contribution in [2.75, 3.05) is 66.5 Å². The number of aliphatic hydroxyl groups is 1. The van der Waals surface area contributed by atoms with E-state index >= 15 is 0 Å². The number of hydrogen-bond acceptors (Lipinski definition) is 6. The quantitative estimate of drug-likeness (QED) is 0.507. The van der Waals surface area contributed by atoms with Crippen molar-refractivity contribution in [2.45, 2.75) is 25.6 Å². The van der Waals surface area contributed by atoms with Gasteiger partial charge in [-0.05, 0) is 86.5 Å². The van der Waals surface area contributed by atoms with Gasteiger partial charge in [0.05, 0.1) is 11.6 Å². The number of nitriles is 1. The van der Waals surface area contributed by atoms with Gasteiger partial charge in [-0.25, -0.2) is 0 Å². The summed E-state index contributed by atoms with van der Waals surface area (Å²) >= 11 is 0. The molecule has 0 aromatic heterocycles. The van der Waals surface area contributed by atoms with E-state index in [4.69, 9.17) is 0 Å². The molecular formula is C33H41N5O. The maximum Gasteiger partial charge on any atom is 0.133 e. The summed E-state index contributed by atoms with van der Waals surface area (Å²) in [6.45, 7) is 8.94. The Morgan fingerprint density at radius 1 is 0.744 bits per heavy atom. The highest BCUT2D eigenvalue weighted by Crippen LogP contribution is 2.37. The fourth-order valence-corrected chi connectivity index (χ4v) is 5.87. The van der Waals surface area contributed by atoms with Gasteiger partial charge in [0.25, 0.3) is 0 Å². The molecule has 0 saturated carbocycles. The third kappa shape index (κ3) is 6.75. The lowest BCUT2D eigenvalue weighted by Gasteiger charge is -2.27.